The summed E-state index contributed by atoms with van der Waals surface area (Å²) in [6, 6.07) is 0. The normalized spacial score (nSPS) is 39.7. The highest BCUT2D eigenvalue weighted by Crippen LogP contribution is 2.68. The van der Waals surface area contributed by atoms with Crippen LogP contribution in [0.1, 0.15) is 6.42 Å². The summed E-state index contributed by atoms with van der Waals surface area (Å²) in [7, 11) is 0. The van der Waals surface area contributed by atoms with E-state index in [1.165, 1.54) is 12.6 Å². The molecule has 3 heteroatoms. The standard InChI is InChI=1S/C4H6BrPS/c5-6(7)3-1-2-4-6/h1,3H,2,4H2. The highest BCUT2D eigenvalue weighted by Gasteiger charge is 2.18. The van der Waals surface area contributed by atoms with Gasteiger partial charge in [-0.3, -0.25) is 0 Å². The summed E-state index contributed by atoms with van der Waals surface area (Å²) in [6.07, 6.45) is 4.53. The van der Waals surface area contributed by atoms with Gasteiger partial charge in [-0.2, -0.15) is 0 Å². The van der Waals surface area contributed by atoms with Gasteiger partial charge in [-0.25, -0.2) is 0 Å². The Morgan fingerprint density at radius 2 is 2.43 bits per heavy atom. The lowest BCUT2D eigenvalue weighted by atomic mass is 10.5. The predicted molar refractivity (Wildman–Crippen MR) is 41.8 cm³/mol. The fraction of sp³-hybridized carbons (Fsp3) is 0.500. The summed E-state index contributed by atoms with van der Waals surface area (Å²) in [5, 5.41) is -1.08. The molecule has 1 heterocycles. The largest absolute Gasteiger partial charge is 0.540 e. The number of rotatable bonds is 0. The highest BCUT2D eigenvalue weighted by atomic mass is 79.9. The summed E-state index contributed by atoms with van der Waals surface area (Å²) in [4.78, 5) is 0. The van der Waals surface area contributed by atoms with Crippen molar-refractivity contribution in [1.82, 2.24) is 0 Å². The maximum Gasteiger partial charge on any atom is 0.118 e. The Morgan fingerprint density at radius 1 is 1.71 bits per heavy atom. The van der Waals surface area contributed by atoms with Crippen LogP contribution in [0.5, 0.6) is 0 Å². The number of halogens is 1. The molecule has 0 aliphatic carbocycles. The second-order valence-corrected chi connectivity index (χ2v) is 10.9. The van der Waals surface area contributed by atoms with Crippen LogP contribution >= 0.6 is 20.7 Å². The molecule has 1 rings (SSSR count). The molecule has 0 nitrogen and oxygen atoms in total. The molecule has 0 N–H and O–H groups in total. The van der Waals surface area contributed by atoms with Crippen molar-refractivity contribution < 1.29 is 0 Å². The fourth-order valence-electron chi connectivity index (χ4n) is 0.557. The second kappa shape index (κ2) is 2.08. The monoisotopic (exact) mass is 196 g/mol. The molecule has 1 aliphatic rings. The van der Waals surface area contributed by atoms with Gasteiger partial charge in [-0.15, -0.1) is 0 Å². The zero-order valence-electron chi connectivity index (χ0n) is 3.80. The van der Waals surface area contributed by atoms with E-state index in [-0.39, 0.29) is 0 Å². The van der Waals surface area contributed by atoms with Crippen molar-refractivity contribution in [3.8, 4) is 0 Å². The molecule has 0 saturated heterocycles. The summed E-state index contributed by atoms with van der Waals surface area (Å²) < 4.78 is 0. The Kier molecular flexibility index (Phi) is 1.82. The van der Waals surface area contributed by atoms with Gasteiger partial charge < -0.3 is 12.2 Å². The first kappa shape index (κ1) is 6.12. The Balaban J connectivity index is 2.57. The van der Waals surface area contributed by atoms with Crippen LogP contribution < -0.4 is 0 Å². The van der Waals surface area contributed by atoms with Crippen LogP contribution in [0.4, 0.5) is 0 Å². The van der Waals surface area contributed by atoms with Gasteiger partial charge in [-0.05, 0) is 11.2 Å². The number of hydrogen-bond donors (Lipinski definition) is 0. The molecule has 7 heavy (non-hydrogen) atoms. The van der Waals surface area contributed by atoms with E-state index in [1.807, 2.05) is 0 Å². The van der Waals surface area contributed by atoms with Crippen LogP contribution in [-0.4, -0.2) is 6.16 Å². The maximum absolute atomic E-state index is 5.15. The average Bonchev–Trinajstić information content (AvgIpc) is 1.84. The van der Waals surface area contributed by atoms with Crippen LogP contribution in [0.2, 0.25) is 0 Å². The summed E-state index contributed by atoms with van der Waals surface area (Å²) >= 11 is 8.63. The molecular formula is C4H6BrPS. The molecule has 1 aliphatic heterocycles. The quantitative estimate of drug-likeness (QED) is 0.425. The van der Waals surface area contributed by atoms with Crippen LogP contribution in [0.3, 0.4) is 0 Å². The van der Waals surface area contributed by atoms with E-state index in [1.54, 1.807) is 0 Å². The third kappa shape index (κ3) is 1.75. The SMILES string of the molecule is [S-][P+]1(Br)C=CCC1. The minimum absolute atomic E-state index is 1.08. The average molecular weight is 197 g/mol. The van der Waals surface area contributed by atoms with E-state index in [9.17, 15) is 0 Å². The van der Waals surface area contributed by atoms with Crippen molar-refractivity contribution in [2.45, 2.75) is 6.42 Å². The summed E-state index contributed by atoms with van der Waals surface area (Å²) in [5.41, 5.74) is 0. The molecule has 0 aromatic carbocycles. The molecule has 40 valence electrons. The molecule has 0 bridgehead atoms. The third-order valence-electron chi connectivity index (χ3n) is 0.929. The van der Waals surface area contributed by atoms with Gasteiger partial charge in [0.15, 0.2) is 0 Å². The summed E-state index contributed by atoms with van der Waals surface area (Å²) in [5.74, 6) is 2.14. The van der Waals surface area contributed by atoms with Crippen molar-refractivity contribution in [2.75, 3.05) is 6.16 Å². The number of allylic oxidation sites excluding steroid dienone is 1. The lowest BCUT2D eigenvalue weighted by molar-refractivity contribution is 1.27. The van der Waals surface area contributed by atoms with E-state index in [2.05, 4.69) is 27.4 Å². The Morgan fingerprint density at radius 3 is 2.57 bits per heavy atom. The van der Waals surface area contributed by atoms with Gasteiger partial charge in [0.1, 0.15) is 15.5 Å². The molecule has 0 aromatic rings. The molecule has 0 radical (unpaired) electrons. The van der Waals surface area contributed by atoms with Crippen molar-refractivity contribution in [2.24, 2.45) is 0 Å². The van der Waals surface area contributed by atoms with E-state index in [0.717, 1.165) is 0 Å². The van der Waals surface area contributed by atoms with Crippen LogP contribution in [0, 0.1) is 0 Å². The van der Waals surface area contributed by atoms with Crippen molar-refractivity contribution in [3.05, 3.63) is 11.9 Å². The number of hydrogen-bond acceptors (Lipinski definition) is 1. The Bertz CT molecular complexity index is 99.9. The molecular weight excluding hydrogens is 191 g/mol. The Hall–Kier alpha value is 1.000. The topological polar surface area (TPSA) is 0 Å². The van der Waals surface area contributed by atoms with E-state index in [4.69, 9.17) is 12.2 Å². The fourth-order valence-corrected chi connectivity index (χ4v) is 3.36. The first-order valence-electron chi connectivity index (χ1n) is 2.17. The van der Waals surface area contributed by atoms with Crippen molar-refractivity contribution >= 4 is 32.9 Å². The zero-order valence-corrected chi connectivity index (χ0v) is 7.10. The molecule has 0 fully saturated rings. The minimum atomic E-state index is -1.08. The van der Waals surface area contributed by atoms with Gasteiger partial charge in [-0.1, -0.05) is 0 Å². The second-order valence-electron chi connectivity index (χ2n) is 1.60. The summed E-state index contributed by atoms with van der Waals surface area (Å²) in [6.45, 7) is 0. The van der Waals surface area contributed by atoms with E-state index in [0.29, 0.717) is 0 Å². The minimum Gasteiger partial charge on any atom is -0.540 e. The van der Waals surface area contributed by atoms with Gasteiger partial charge in [0, 0.05) is 12.2 Å². The first-order valence-corrected chi connectivity index (χ1v) is 7.24. The van der Waals surface area contributed by atoms with E-state index >= 15 is 0 Å². The molecule has 0 amide bonds. The molecule has 0 spiro atoms. The first-order chi connectivity index (χ1) is 3.21. The van der Waals surface area contributed by atoms with Crippen LogP contribution in [-0.2, 0) is 12.2 Å². The van der Waals surface area contributed by atoms with Gasteiger partial charge in [0.2, 0.25) is 0 Å². The Labute approximate surface area is 57.6 Å². The van der Waals surface area contributed by atoms with Gasteiger partial charge in [0.05, 0.1) is 6.16 Å². The molecule has 0 saturated carbocycles. The molecule has 1 atom stereocenters. The molecule has 0 aromatic heterocycles. The smallest absolute Gasteiger partial charge is 0.118 e. The van der Waals surface area contributed by atoms with Gasteiger partial charge in [0.25, 0.3) is 0 Å². The zero-order chi connectivity index (χ0) is 5.33. The van der Waals surface area contributed by atoms with Crippen LogP contribution in [0.15, 0.2) is 11.9 Å². The lowest BCUT2D eigenvalue weighted by Gasteiger charge is -2.13. The predicted octanol–water partition coefficient (Wildman–Crippen LogP) is 2.69. The van der Waals surface area contributed by atoms with Crippen molar-refractivity contribution in [3.63, 3.8) is 0 Å². The maximum atomic E-state index is 5.15. The van der Waals surface area contributed by atoms with Gasteiger partial charge >= 0.3 is 0 Å². The van der Waals surface area contributed by atoms with Crippen molar-refractivity contribution in [1.29, 1.82) is 0 Å². The lowest BCUT2D eigenvalue weighted by Crippen LogP contribution is -1.71. The molecule has 1 unspecified atom stereocenters. The highest BCUT2D eigenvalue weighted by molar-refractivity contribution is 9.49. The van der Waals surface area contributed by atoms with E-state index < -0.39 is 5.17 Å². The van der Waals surface area contributed by atoms with Crippen LogP contribution in [0.25, 0.3) is 0 Å². The third-order valence-corrected chi connectivity index (χ3v) is 5.14.